The van der Waals surface area contributed by atoms with Gasteiger partial charge in [0.15, 0.2) is 0 Å². The van der Waals surface area contributed by atoms with E-state index in [1.807, 2.05) is 41.8 Å². The molecule has 0 aliphatic carbocycles. The van der Waals surface area contributed by atoms with Crippen molar-refractivity contribution in [1.29, 1.82) is 0 Å². The smallest absolute Gasteiger partial charge is 0.236 e. The van der Waals surface area contributed by atoms with Gasteiger partial charge in [-0.3, -0.25) is 0 Å². The van der Waals surface area contributed by atoms with E-state index in [-0.39, 0.29) is 0 Å². The summed E-state index contributed by atoms with van der Waals surface area (Å²) in [4.78, 5) is 5.52. The Morgan fingerprint density at radius 3 is 2.88 bits per heavy atom. The summed E-state index contributed by atoms with van der Waals surface area (Å²) in [5.74, 6) is 2.04. The molecule has 0 saturated carbocycles. The van der Waals surface area contributed by atoms with Crippen molar-refractivity contribution in [2.75, 3.05) is 7.11 Å². The maximum absolute atomic E-state index is 5.53. The Morgan fingerprint density at radius 2 is 2.12 bits per heavy atom. The maximum Gasteiger partial charge on any atom is 0.236 e. The first kappa shape index (κ1) is 15.9. The maximum atomic E-state index is 5.53. The van der Waals surface area contributed by atoms with Crippen LogP contribution in [0.3, 0.4) is 0 Å². The van der Waals surface area contributed by atoms with Crippen molar-refractivity contribution in [2.24, 2.45) is 0 Å². The number of aromatic nitrogens is 5. The number of methoxy groups -OCH3 is 1. The van der Waals surface area contributed by atoms with Crippen molar-refractivity contribution in [3.8, 4) is 22.2 Å². The van der Waals surface area contributed by atoms with Crippen LogP contribution in [0.15, 0.2) is 57.6 Å². The number of thioether (sulfide) groups is 1. The summed E-state index contributed by atoms with van der Waals surface area (Å²) in [6, 6.07) is 11.5. The van der Waals surface area contributed by atoms with Gasteiger partial charge < -0.3 is 9.15 Å². The van der Waals surface area contributed by atoms with E-state index in [1.165, 1.54) is 11.8 Å². The fraction of sp³-hybridized carbons (Fsp3) is 0.125. The number of rotatable bonds is 6. The molecular formula is C16H13N5O2S2. The zero-order valence-electron chi connectivity index (χ0n) is 13.2. The molecule has 0 spiro atoms. The van der Waals surface area contributed by atoms with Crippen molar-refractivity contribution < 1.29 is 9.15 Å². The summed E-state index contributed by atoms with van der Waals surface area (Å²) in [7, 11) is 1.63. The SMILES string of the molecule is COc1ccc(-n2nnnc2SCc2coc(-c3cccs3)n2)cc1. The number of nitrogens with zero attached hydrogens (tertiary/aromatic N) is 5. The fourth-order valence-electron chi connectivity index (χ4n) is 2.18. The van der Waals surface area contributed by atoms with Gasteiger partial charge in [-0.15, -0.1) is 16.4 Å². The minimum atomic E-state index is 0.616. The monoisotopic (exact) mass is 371 g/mol. The number of ether oxygens (including phenoxy) is 1. The second-order valence-corrected chi connectivity index (χ2v) is 6.87. The van der Waals surface area contributed by atoms with E-state index in [4.69, 9.17) is 9.15 Å². The van der Waals surface area contributed by atoms with Gasteiger partial charge in [0.05, 0.1) is 23.4 Å². The van der Waals surface area contributed by atoms with Crippen molar-refractivity contribution >= 4 is 23.1 Å². The largest absolute Gasteiger partial charge is 0.497 e. The van der Waals surface area contributed by atoms with Crippen LogP contribution in [0.2, 0.25) is 0 Å². The molecule has 3 aromatic heterocycles. The van der Waals surface area contributed by atoms with Crippen LogP contribution in [-0.4, -0.2) is 32.3 Å². The standard InChI is InChI=1S/C16H13N5O2S2/c1-22-13-6-4-12(5-7-13)21-16(18-19-20-21)25-10-11-9-23-15(17-11)14-3-2-8-24-14/h2-9H,10H2,1H3. The molecule has 0 fully saturated rings. The van der Waals surface area contributed by atoms with E-state index in [1.54, 1.807) is 29.4 Å². The Bertz CT molecular complexity index is 947. The second kappa shape index (κ2) is 7.08. The van der Waals surface area contributed by atoms with Gasteiger partial charge in [0.2, 0.25) is 11.0 Å². The molecule has 7 nitrogen and oxygen atoms in total. The lowest BCUT2D eigenvalue weighted by molar-refractivity contribution is 0.414. The minimum absolute atomic E-state index is 0.616. The summed E-state index contributed by atoms with van der Waals surface area (Å²) in [6.07, 6.45) is 1.67. The Hall–Kier alpha value is -2.65. The molecule has 4 rings (SSSR count). The first-order valence-electron chi connectivity index (χ1n) is 7.37. The molecule has 25 heavy (non-hydrogen) atoms. The lowest BCUT2D eigenvalue weighted by Crippen LogP contribution is -1.99. The number of oxazole rings is 1. The van der Waals surface area contributed by atoms with Crippen LogP contribution in [0.4, 0.5) is 0 Å². The van der Waals surface area contributed by atoms with Crippen LogP contribution < -0.4 is 4.74 Å². The molecular weight excluding hydrogens is 358 g/mol. The molecule has 0 radical (unpaired) electrons. The number of hydrogen-bond acceptors (Lipinski definition) is 8. The van der Waals surface area contributed by atoms with Crippen LogP contribution in [0, 0.1) is 0 Å². The highest BCUT2D eigenvalue weighted by Gasteiger charge is 2.12. The van der Waals surface area contributed by atoms with Crippen LogP contribution >= 0.6 is 23.1 Å². The van der Waals surface area contributed by atoms with Crippen LogP contribution in [0.1, 0.15) is 5.69 Å². The third kappa shape index (κ3) is 3.42. The van der Waals surface area contributed by atoms with E-state index in [0.717, 1.165) is 22.0 Å². The summed E-state index contributed by atoms with van der Waals surface area (Å²) in [6.45, 7) is 0. The van der Waals surface area contributed by atoms with E-state index >= 15 is 0 Å². The van der Waals surface area contributed by atoms with Gasteiger partial charge in [0.1, 0.15) is 12.0 Å². The summed E-state index contributed by atoms with van der Waals surface area (Å²) >= 11 is 3.10. The highest BCUT2D eigenvalue weighted by atomic mass is 32.2. The Morgan fingerprint density at radius 1 is 1.24 bits per heavy atom. The van der Waals surface area contributed by atoms with Gasteiger partial charge in [0.25, 0.3) is 0 Å². The van der Waals surface area contributed by atoms with Gasteiger partial charge in [-0.2, -0.15) is 4.68 Å². The van der Waals surface area contributed by atoms with E-state index < -0.39 is 0 Å². The van der Waals surface area contributed by atoms with E-state index in [2.05, 4.69) is 20.5 Å². The predicted octanol–water partition coefficient (Wildman–Crippen LogP) is 3.68. The number of tetrazole rings is 1. The fourth-order valence-corrected chi connectivity index (χ4v) is 3.60. The molecule has 1 aromatic carbocycles. The van der Waals surface area contributed by atoms with Gasteiger partial charge in [-0.1, -0.05) is 17.8 Å². The second-order valence-electron chi connectivity index (χ2n) is 4.98. The first-order valence-corrected chi connectivity index (χ1v) is 9.24. The normalized spacial score (nSPS) is 10.9. The molecule has 0 unspecified atom stereocenters. The predicted molar refractivity (Wildman–Crippen MR) is 95.1 cm³/mol. The molecule has 9 heteroatoms. The zero-order valence-corrected chi connectivity index (χ0v) is 14.8. The minimum Gasteiger partial charge on any atom is -0.497 e. The number of thiophene rings is 1. The topological polar surface area (TPSA) is 78.9 Å². The van der Waals surface area contributed by atoms with Crippen molar-refractivity contribution in [3.05, 3.63) is 53.7 Å². The molecule has 0 bridgehead atoms. The van der Waals surface area contributed by atoms with Crippen molar-refractivity contribution in [1.82, 2.24) is 25.2 Å². The molecule has 3 heterocycles. The van der Waals surface area contributed by atoms with Gasteiger partial charge in [-0.05, 0) is 46.1 Å². The van der Waals surface area contributed by atoms with Gasteiger partial charge >= 0.3 is 0 Å². The molecule has 126 valence electrons. The molecule has 0 N–H and O–H groups in total. The lowest BCUT2D eigenvalue weighted by atomic mass is 10.3. The highest BCUT2D eigenvalue weighted by Crippen LogP contribution is 2.27. The summed E-state index contributed by atoms with van der Waals surface area (Å²) < 4.78 is 12.4. The average Bonchev–Trinajstić information content (AvgIpc) is 3.40. The first-order chi connectivity index (χ1) is 12.3. The molecule has 0 saturated heterocycles. The average molecular weight is 371 g/mol. The van der Waals surface area contributed by atoms with E-state index in [0.29, 0.717) is 16.8 Å². The Kier molecular flexibility index (Phi) is 4.49. The Labute approximate surface area is 151 Å². The quantitative estimate of drug-likeness (QED) is 0.478. The van der Waals surface area contributed by atoms with Crippen molar-refractivity contribution in [2.45, 2.75) is 10.9 Å². The van der Waals surface area contributed by atoms with Crippen LogP contribution in [0.5, 0.6) is 5.75 Å². The van der Waals surface area contributed by atoms with E-state index in [9.17, 15) is 0 Å². The van der Waals surface area contributed by atoms with Crippen LogP contribution in [0.25, 0.3) is 16.5 Å². The lowest BCUT2D eigenvalue weighted by Gasteiger charge is -2.04. The van der Waals surface area contributed by atoms with Gasteiger partial charge in [-0.25, -0.2) is 4.98 Å². The van der Waals surface area contributed by atoms with Crippen molar-refractivity contribution in [3.63, 3.8) is 0 Å². The third-order valence-electron chi connectivity index (χ3n) is 3.39. The zero-order chi connectivity index (χ0) is 17.1. The molecule has 0 aliphatic rings. The van der Waals surface area contributed by atoms with Gasteiger partial charge in [0, 0.05) is 5.75 Å². The summed E-state index contributed by atoms with van der Waals surface area (Å²) in [5.41, 5.74) is 1.71. The summed E-state index contributed by atoms with van der Waals surface area (Å²) in [5, 5.41) is 14.6. The molecule has 4 aromatic rings. The molecule has 0 amide bonds. The Balaban J connectivity index is 1.48. The molecule has 0 aliphatic heterocycles. The number of benzene rings is 1. The number of hydrogen-bond donors (Lipinski definition) is 0. The highest BCUT2D eigenvalue weighted by molar-refractivity contribution is 7.98. The van der Waals surface area contributed by atoms with Crippen LogP contribution in [-0.2, 0) is 5.75 Å². The third-order valence-corrected chi connectivity index (χ3v) is 5.20. The molecule has 0 atom stereocenters.